The molecule has 3 N–H and O–H groups in total. The van der Waals surface area contributed by atoms with Crippen LogP contribution < -0.4 is 16.0 Å². The van der Waals surface area contributed by atoms with Gasteiger partial charge in [0.05, 0.1) is 13.5 Å². The number of esters is 1. The first kappa shape index (κ1) is 21.9. The van der Waals surface area contributed by atoms with E-state index < -0.39 is 36.0 Å². The Morgan fingerprint density at radius 1 is 0.963 bits per heavy atom. The van der Waals surface area contributed by atoms with E-state index in [-0.39, 0.29) is 19.6 Å². The Balaban J connectivity index is 2.32. The summed E-state index contributed by atoms with van der Waals surface area (Å²) >= 11 is 0. The summed E-state index contributed by atoms with van der Waals surface area (Å²) in [5.74, 6) is -1.44. The Hall–Kier alpha value is -3.10. The van der Waals surface area contributed by atoms with E-state index in [1.807, 2.05) is 30.3 Å². The predicted molar refractivity (Wildman–Crippen MR) is 96.5 cm³/mol. The van der Waals surface area contributed by atoms with Crippen LogP contribution in [-0.4, -0.2) is 49.6 Å². The quantitative estimate of drug-likeness (QED) is 0.537. The fourth-order valence-corrected chi connectivity index (χ4v) is 1.95. The molecule has 0 aliphatic rings. The molecule has 2 atom stereocenters. The van der Waals surface area contributed by atoms with Gasteiger partial charge >= 0.3 is 12.1 Å². The number of hydrogen-bond donors (Lipinski definition) is 3. The van der Waals surface area contributed by atoms with Crippen molar-refractivity contribution in [3.05, 3.63) is 35.9 Å². The van der Waals surface area contributed by atoms with Crippen molar-refractivity contribution in [2.75, 3.05) is 13.7 Å². The molecule has 27 heavy (non-hydrogen) atoms. The fourth-order valence-electron chi connectivity index (χ4n) is 1.95. The number of methoxy groups -OCH3 is 1. The molecule has 0 heterocycles. The van der Waals surface area contributed by atoms with Crippen LogP contribution in [0.4, 0.5) is 4.79 Å². The first-order valence-corrected chi connectivity index (χ1v) is 8.45. The van der Waals surface area contributed by atoms with Crippen molar-refractivity contribution < 1.29 is 28.7 Å². The van der Waals surface area contributed by atoms with Gasteiger partial charge in [-0.25, -0.2) is 4.79 Å². The van der Waals surface area contributed by atoms with Gasteiger partial charge in [0.25, 0.3) is 0 Å². The summed E-state index contributed by atoms with van der Waals surface area (Å²) in [6, 6.07) is 7.39. The van der Waals surface area contributed by atoms with Gasteiger partial charge in [-0.15, -0.1) is 0 Å². The molecule has 1 rings (SSSR count). The molecule has 3 amide bonds. The van der Waals surface area contributed by atoms with E-state index in [2.05, 4.69) is 20.7 Å². The average Bonchev–Trinajstić information content (AvgIpc) is 2.66. The maximum absolute atomic E-state index is 12.1. The molecule has 9 heteroatoms. The van der Waals surface area contributed by atoms with Gasteiger partial charge in [-0.1, -0.05) is 30.3 Å². The van der Waals surface area contributed by atoms with E-state index in [9.17, 15) is 19.2 Å². The molecule has 0 saturated carbocycles. The number of alkyl carbamates (subject to hydrolysis) is 1. The number of hydrogen-bond acceptors (Lipinski definition) is 6. The third kappa shape index (κ3) is 8.70. The van der Waals surface area contributed by atoms with Crippen molar-refractivity contribution in [2.45, 2.75) is 39.0 Å². The molecule has 9 nitrogen and oxygen atoms in total. The number of ether oxygens (including phenoxy) is 2. The zero-order valence-electron chi connectivity index (χ0n) is 15.6. The summed E-state index contributed by atoms with van der Waals surface area (Å²) in [6.07, 6.45) is -0.703. The van der Waals surface area contributed by atoms with Crippen LogP contribution >= 0.6 is 0 Å². The highest BCUT2D eigenvalue weighted by molar-refractivity contribution is 5.90. The molecule has 1 aromatic carbocycles. The van der Waals surface area contributed by atoms with E-state index in [1.54, 1.807) is 0 Å². The first-order chi connectivity index (χ1) is 12.8. The molecule has 0 aliphatic carbocycles. The van der Waals surface area contributed by atoms with E-state index in [0.717, 1.165) is 5.56 Å². The lowest BCUT2D eigenvalue weighted by Gasteiger charge is -2.18. The lowest BCUT2D eigenvalue weighted by atomic mass is 10.2. The van der Waals surface area contributed by atoms with Crippen molar-refractivity contribution in [3.8, 4) is 0 Å². The maximum atomic E-state index is 12.1. The smallest absolute Gasteiger partial charge is 0.408 e. The minimum atomic E-state index is -0.890. The van der Waals surface area contributed by atoms with Crippen molar-refractivity contribution >= 4 is 23.9 Å². The molecule has 1 aromatic rings. The summed E-state index contributed by atoms with van der Waals surface area (Å²) in [4.78, 5) is 46.7. The number of carbonyl (C=O) groups excluding carboxylic acids is 4. The number of benzene rings is 1. The Kier molecular flexibility index (Phi) is 9.35. The minimum Gasteiger partial charge on any atom is -0.469 e. The highest BCUT2D eigenvalue weighted by Gasteiger charge is 2.21. The van der Waals surface area contributed by atoms with Crippen LogP contribution in [0.25, 0.3) is 0 Å². The van der Waals surface area contributed by atoms with Crippen LogP contribution in [0.5, 0.6) is 0 Å². The molecule has 0 radical (unpaired) electrons. The Morgan fingerprint density at radius 3 is 2.22 bits per heavy atom. The summed E-state index contributed by atoms with van der Waals surface area (Å²) in [7, 11) is 1.26. The molecule has 0 spiro atoms. The highest BCUT2D eigenvalue weighted by Crippen LogP contribution is 2.00. The third-order valence-corrected chi connectivity index (χ3v) is 3.55. The monoisotopic (exact) mass is 379 g/mol. The maximum Gasteiger partial charge on any atom is 0.408 e. The predicted octanol–water partition coefficient (Wildman–Crippen LogP) is 0.485. The molecule has 0 unspecified atom stereocenters. The number of amides is 3. The van der Waals surface area contributed by atoms with E-state index >= 15 is 0 Å². The minimum absolute atomic E-state index is 0.0358. The molecule has 0 saturated heterocycles. The van der Waals surface area contributed by atoms with E-state index in [4.69, 9.17) is 4.74 Å². The van der Waals surface area contributed by atoms with Crippen LogP contribution in [-0.2, 0) is 30.5 Å². The van der Waals surface area contributed by atoms with Gasteiger partial charge in [0, 0.05) is 6.54 Å². The summed E-state index contributed by atoms with van der Waals surface area (Å²) < 4.78 is 9.50. The lowest BCUT2D eigenvalue weighted by molar-refractivity contribution is -0.140. The standard InChI is InChI=1S/C18H25N3O6/c1-12(16(23)19-10-9-15(22)26-3)20-17(24)13(2)21-18(25)27-11-14-7-5-4-6-8-14/h4-8,12-13H,9-11H2,1-3H3,(H,19,23)(H,20,24)(H,21,25)/t12-,13-/m0/s1. The van der Waals surface area contributed by atoms with E-state index in [0.29, 0.717) is 0 Å². The van der Waals surface area contributed by atoms with Gasteiger partial charge in [-0.3, -0.25) is 14.4 Å². The van der Waals surface area contributed by atoms with Crippen molar-refractivity contribution in [1.29, 1.82) is 0 Å². The van der Waals surface area contributed by atoms with Gasteiger partial charge in [-0.2, -0.15) is 0 Å². The topological polar surface area (TPSA) is 123 Å². The molecular weight excluding hydrogens is 354 g/mol. The van der Waals surface area contributed by atoms with Crippen LogP contribution in [0.15, 0.2) is 30.3 Å². The van der Waals surface area contributed by atoms with Crippen LogP contribution in [0, 0.1) is 0 Å². The first-order valence-electron chi connectivity index (χ1n) is 8.45. The molecule has 148 valence electrons. The number of nitrogens with one attached hydrogen (secondary N) is 3. The number of carbonyl (C=O) groups is 4. The molecule has 0 bridgehead atoms. The zero-order valence-corrected chi connectivity index (χ0v) is 15.6. The van der Waals surface area contributed by atoms with Gasteiger partial charge in [0.1, 0.15) is 18.7 Å². The van der Waals surface area contributed by atoms with Crippen molar-refractivity contribution in [1.82, 2.24) is 16.0 Å². The second-order valence-electron chi connectivity index (χ2n) is 5.78. The van der Waals surface area contributed by atoms with Crippen molar-refractivity contribution in [3.63, 3.8) is 0 Å². The lowest BCUT2D eigenvalue weighted by Crippen LogP contribution is -2.51. The molecular formula is C18H25N3O6. The molecule has 0 fully saturated rings. The Bertz CT molecular complexity index is 650. The second kappa shape index (κ2) is 11.5. The fraction of sp³-hybridized carbons (Fsp3) is 0.444. The van der Waals surface area contributed by atoms with Crippen LogP contribution in [0.3, 0.4) is 0 Å². The summed E-state index contributed by atoms with van der Waals surface area (Å²) in [5, 5.41) is 7.37. The summed E-state index contributed by atoms with van der Waals surface area (Å²) in [6.45, 7) is 3.15. The zero-order chi connectivity index (χ0) is 20.2. The van der Waals surface area contributed by atoms with Crippen molar-refractivity contribution in [2.24, 2.45) is 0 Å². The van der Waals surface area contributed by atoms with Gasteiger partial charge in [0.2, 0.25) is 11.8 Å². The average molecular weight is 379 g/mol. The second-order valence-corrected chi connectivity index (χ2v) is 5.78. The largest absolute Gasteiger partial charge is 0.469 e. The Labute approximate surface area is 157 Å². The molecule has 0 aliphatic heterocycles. The Morgan fingerprint density at radius 2 is 1.59 bits per heavy atom. The SMILES string of the molecule is COC(=O)CCNC(=O)[C@H](C)NC(=O)[C@H](C)NC(=O)OCc1ccccc1. The third-order valence-electron chi connectivity index (χ3n) is 3.55. The van der Waals surface area contributed by atoms with Gasteiger partial charge in [-0.05, 0) is 19.4 Å². The highest BCUT2D eigenvalue weighted by atomic mass is 16.5. The van der Waals surface area contributed by atoms with Gasteiger partial charge in [0.15, 0.2) is 0 Å². The van der Waals surface area contributed by atoms with Crippen LogP contribution in [0.1, 0.15) is 25.8 Å². The molecule has 0 aromatic heterocycles. The normalized spacial score (nSPS) is 12.3. The van der Waals surface area contributed by atoms with Gasteiger partial charge < -0.3 is 25.4 Å². The van der Waals surface area contributed by atoms with E-state index in [1.165, 1.54) is 21.0 Å². The summed E-state index contributed by atoms with van der Waals surface area (Å²) in [5.41, 5.74) is 0.821. The van der Waals surface area contributed by atoms with Crippen LogP contribution in [0.2, 0.25) is 0 Å². The number of rotatable bonds is 9.